The third kappa shape index (κ3) is 4.92. The molecule has 0 spiro atoms. The number of carbonyl (C=O) groups excluding carboxylic acids is 1. The van der Waals surface area contributed by atoms with Crippen molar-refractivity contribution >= 4 is 18.3 Å². The quantitative estimate of drug-likeness (QED) is 0.819. The van der Waals surface area contributed by atoms with Gasteiger partial charge in [-0.3, -0.25) is 4.79 Å². The molecule has 0 radical (unpaired) electrons. The lowest BCUT2D eigenvalue weighted by Crippen LogP contribution is -2.40. The molecule has 0 heterocycles. The third-order valence-electron chi connectivity index (χ3n) is 5.27. The number of hydrogen-bond acceptors (Lipinski definition) is 2. The molecule has 118 valence electrons. The van der Waals surface area contributed by atoms with Crippen LogP contribution in [0.3, 0.4) is 0 Å². The molecule has 4 heteroatoms. The van der Waals surface area contributed by atoms with E-state index in [2.05, 4.69) is 12.2 Å². The number of nitrogens with one attached hydrogen (secondary N) is 1. The maximum absolute atomic E-state index is 12.2. The monoisotopic (exact) mass is 302 g/mol. The second-order valence-electron chi connectivity index (χ2n) is 6.68. The highest BCUT2D eigenvalue weighted by atomic mass is 35.5. The van der Waals surface area contributed by atoms with Crippen LogP contribution in [0.1, 0.15) is 64.7 Å². The summed E-state index contributed by atoms with van der Waals surface area (Å²) in [6.07, 6.45) is 11.0. The molecule has 2 fully saturated rings. The fourth-order valence-corrected chi connectivity index (χ4v) is 3.94. The van der Waals surface area contributed by atoms with E-state index in [1.54, 1.807) is 0 Å². The first-order chi connectivity index (χ1) is 9.20. The van der Waals surface area contributed by atoms with Crippen LogP contribution in [0.4, 0.5) is 0 Å². The van der Waals surface area contributed by atoms with E-state index in [1.165, 1.54) is 44.9 Å². The van der Waals surface area contributed by atoms with Crippen molar-refractivity contribution < 1.29 is 4.79 Å². The molecule has 0 aromatic carbocycles. The van der Waals surface area contributed by atoms with Crippen LogP contribution < -0.4 is 11.1 Å². The van der Waals surface area contributed by atoms with Crippen LogP contribution in [0.5, 0.6) is 0 Å². The van der Waals surface area contributed by atoms with E-state index in [1.807, 2.05) is 0 Å². The summed E-state index contributed by atoms with van der Waals surface area (Å²) >= 11 is 0. The van der Waals surface area contributed by atoms with E-state index in [4.69, 9.17) is 5.73 Å². The van der Waals surface area contributed by atoms with Gasteiger partial charge in [-0.25, -0.2) is 0 Å². The molecule has 0 aliphatic heterocycles. The Hall–Kier alpha value is -0.280. The van der Waals surface area contributed by atoms with Crippen LogP contribution >= 0.6 is 12.4 Å². The summed E-state index contributed by atoms with van der Waals surface area (Å²) in [6, 6.07) is 0.344. The van der Waals surface area contributed by atoms with Gasteiger partial charge in [0.2, 0.25) is 5.91 Å². The maximum atomic E-state index is 12.2. The van der Waals surface area contributed by atoms with Gasteiger partial charge in [-0.1, -0.05) is 45.4 Å². The van der Waals surface area contributed by atoms with Crippen LogP contribution in [0.25, 0.3) is 0 Å². The number of halogens is 1. The Bertz CT molecular complexity index is 292. The molecule has 2 aliphatic rings. The second kappa shape index (κ2) is 8.89. The molecule has 3 nitrogen and oxygen atoms in total. The standard InChI is InChI=1S/C16H30N2O.ClH/c1-12(13-6-3-2-4-7-13)10-16(19)18-15-9-5-8-14(15)11-17;/h12-15H,2-11,17H2,1H3,(H,18,19);1H. The zero-order chi connectivity index (χ0) is 13.7. The topological polar surface area (TPSA) is 55.1 Å². The molecule has 0 bridgehead atoms. The maximum Gasteiger partial charge on any atom is 0.220 e. The van der Waals surface area contributed by atoms with Crippen molar-refractivity contribution in [3.63, 3.8) is 0 Å². The van der Waals surface area contributed by atoms with Crippen molar-refractivity contribution in [1.29, 1.82) is 0 Å². The van der Waals surface area contributed by atoms with Gasteiger partial charge in [0.05, 0.1) is 0 Å². The van der Waals surface area contributed by atoms with Gasteiger partial charge < -0.3 is 11.1 Å². The highest BCUT2D eigenvalue weighted by Crippen LogP contribution is 2.31. The number of hydrogen-bond donors (Lipinski definition) is 2. The predicted molar refractivity (Wildman–Crippen MR) is 85.9 cm³/mol. The van der Waals surface area contributed by atoms with Gasteiger partial charge in [-0.2, -0.15) is 0 Å². The van der Waals surface area contributed by atoms with Gasteiger partial charge in [-0.15, -0.1) is 12.4 Å². The number of amides is 1. The Morgan fingerprint density at radius 1 is 1.15 bits per heavy atom. The number of rotatable bonds is 5. The summed E-state index contributed by atoms with van der Waals surface area (Å²) in [5.41, 5.74) is 5.77. The van der Waals surface area contributed by atoms with E-state index in [9.17, 15) is 4.79 Å². The lowest BCUT2D eigenvalue weighted by Gasteiger charge is -2.28. The average Bonchev–Trinajstić information content (AvgIpc) is 2.86. The SMILES string of the molecule is CC(CC(=O)NC1CCCC1CN)C1CCCCC1.Cl. The van der Waals surface area contributed by atoms with E-state index in [-0.39, 0.29) is 18.3 Å². The minimum atomic E-state index is 0. The molecule has 0 aromatic heterocycles. The summed E-state index contributed by atoms with van der Waals surface area (Å²) in [6.45, 7) is 2.97. The molecule has 3 N–H and O–H groups in total. The van der Waals surface area contributed by atoms with E-state index < -0.39 is 0 Å². The van der Waals surface area contributed by atoms with Crippen molar-refractivity contribution in [3.8, 4) is 0 Å². The van der Waals surface area contributed by atoms with Crippen LogP contribution in [0, 0.1) is 17.8 Å². The fraction of sp³-hybridized carbons (Fsp3) is 0.938. The molecule has 0 aromatic rings. The van der Waals surface area contributed by atoms with Crippen LogP contribution in [0.2, 0.25) is 0 Å². The lowest BCUT2D eigenvalue weighted by molar-refractivity contribution is -0.123. The molecule has 3 unspecified atom stereocenters. The second-order valence-corrected chi connectivity index (χ2v) is 6.68. The normalized spacial score (nSPS) is 28.7. The zero-order valence-corrected chi connectivity index (χ0v) is 13.6. The van der Waals surface area contributed by atoms with Gasteiger partial charge in [-0.05, 0) is 37.1 Å². The summed E-state index contributed by atoms with van der Waals surface area (Å²) in [5, 5.41) is 3.23. The highest BCUT2D eigenvalue weighted by Gasteiger charge is 2.28. The molecule has 1 amide bonds. The van der Waals surface area contributed by atoms with Crippen LogP contribution in [-0.2, 0) is 4.79 Å². The van der Waals surface area contributed by atoms with Crippen LogP contribution in [0.15, 0.2) is 0 Å². The van der Waals surface area contributed by atoms with Gasteiger partial charge in [0, 0.05) is 12.5 Å². The smallest absolute Gasteiger partial charge is 0.220 e. The minimum absolute atomic E-state index is 0. The van der Waals surface area contributed by atoms with Crippen molar-refractivity contribution in [1.82, 2.24) is 5.32 Å². The molecule has 2 saturated carbocycles. The molecule has 2 aliphatic carbocycles. The largest absolute Gasteiger partial charge is 0.353 e. The zero-order valence-electron chi connectivity index (χ0n) is 12.8. The fourth-order valence-electron chi connectivity index (χ4n) is 3.94. The van der Waals surface area contributed by atoms with Gasteiger partial charge in [0.15, 0.2) is 0 Å². The molecular weight excluding hydrogens is 272 g/mol. The predicted octanol–water partition coefficient (Wildman–Crippen LogP) is 3.26. The van der Waals surface area contributed by atoms with Crippen molar-refractivity contribution in [2.45, 2.75) is 70.8 Å². The van der Waals surface area contributed by atoms with Gasteiger partial charge >= 0.3 is 0 Å². The first-order valence-electron chi connectivity index (χ1n) is 8.20. The molecule has 0 saturated heterocycles. The Labute approximate surface area is 129 Å². The Morgan fingerprint density at radius 3 is 2.50 bits per heavy atom. The van der Waals surface area contributed by atoms with E-state index in [0.717, 1.165) is 12.3 Å². The van der Waals surface area contributed by atoms with Crippen molar-refractivity contribution in [2.24, 2.45) is 23.5 Å². The Morgan fingerprint density at radius 2 is 1.85 bits per heavy atom. The summed E-state index contributed by atoms with van der Waals surface area (Å²) in [5.74, 6) is 2.07. The van der Waals surface area contributed by atoms with Crippen LogP contribution in [-0.4, -0.2) is 18.5 Å². The molecule has 20 heavy (non-hydrogen) atoms. The van der Waals surface area contributed by atoms with Gasteiger partial charge in [0.1, 0.15) is 0 Å². The van der Waals surface area contributed by atoms with E-state index in [0.29, 0.717) is 30.8 Å². The first-order valence-corrected chi connectivity index (χ1v) is 8.20. The first kappa shape index (κ1) is 17.8. The molecule has 3 atom stereocenters. The van der Waals surface area contributed by atoms with E-state index >= 15 is 0 Å². The average molecular weight is 303 g/mol. The van der Waals surface area contributed by atoms with Gasteiger partial charge in [0.25, 0.3) is 0 Å². The minimum Gasteiger partial charge on any atom is -0.353 e. The number of nitrogens with two attached hydrogens (primary N) is 1. The third-order valence-corrected chi connectivity index (χ3v) is 5.27. The van der Waals surface area contributed by atoms with Crippen molar-refractivity contribution in [2.75, 3.05) is 6.54 Å². The lowest BCUT2D eigenvalue weighted by atomic mass is 9.79. The van der Waals surface area contributed by atoms with Crippen molar-refractivity contribution in [3.05, 3.63) is 0 Å². The summed E-state index contributed by atoms with van der Waals surface area (Å²) in [7, 11) is 0. The molecule has 2 rings (SSSR count). The Kier molecular flexibility index (Phi) is 7.90. The summed E-state index contributed by atoms with van der Waals surface area (Å²) in [4.78, 5) is 12.2. The Balaban J connectivity index is 0.00000200. The summed E-state index contributed by atoms with van der Waals surface area (Å²) < 4.78 is 0. The number of carbonyl (C=O) groups is 1. The highest BCUT2D eigenvalue weighted by molar-refractivity contribution is 5.85. The molecular formula is C16H31ClN2O.